The van der Waals surface area contributed by atoms with Crippen molar-refractivity contribution < 1.29 is 9.53 Å². The first kappa shape index (κ1) is 14.5. The zero-order chi connectivity index (χ0) is 14.8. The lowest BCUT2D eigenvalue weighted by molar-refractivity contribution is -0.144. The van der Waals surface area contributed by atoms with Crippen LogP contribution in [-0.2, 0) is 29.6 Å². The molecule has 0 fully saturated rings. The topological polar surface area (TPSA) is 44.1 Å². The first-order chi connectivity index (χ1) is 10.2. The normalized spacial score (nSPS) is 17.3. The number of nitrogens with zero attached hydrogens (tertiary/aromatic N) is 2. The smallest absolute Gasteiger partial charge is 0.324 e. The van der Waals surface area contributed by atoms with Crippen molar-refractivity contribution in [2.24, 2.45) is 7.05 Å². The van der Waals surface area contributed by atoms with Gasteiger partial charge >= 0.3 is 5.97 Å². The maximum Gasteiger partial charge on any atom is 0.324 e. The Hall–Kier alpha value is -1.46. The number of carbonyl (C=O) groups excluding carboxylic acids is 1. The van der Waals surface area contributed by atoms with Crippen molar-refractivity contribution in [1.29, 1.82) is 0 Å². The van der Waals surface area contributed by atoms with Gasteiger partial charge in [0.2, 0.25) is 0 Å². The van der Waals surface area contributed by atoms with Gasteiger partial charge in [0, 0.05) is 7.05 Å². The van der Waals surface area contributed by atoms with Gasteiger partial charge in [0.1, 0.15) is 22.8 Å². The average molecular weight is 323 g/mol. The molecule has 2 aromatic rings. The number of aryl methyl sites for hydroxylation is 1. The Bertz CT molecular complexity index is 671. The van der Waals surface area contributed by atoms with Gasteiger partial charge in [0.15, 0.2) is 0 Å². The van der Waals surface area contributed by atoms with Gasteiger partial charge in [-0.05, 0) is 23.3 Å². The maximum absolute atomic E-state index is 12.3. The number of carbonyl (C=O) groups is 1. The molecule has 0 aliphatic carbocycles. The van der Waals surface area contributed by atoms with Gasteiger partial charge in [-0.3, -0.25) is 4.79 Å². The highest BCUT2D eigenvalue weighted by Crippen LogP contribution is 2.37. The molecular weight excluding hydrogens is 308 g/mol. The minimum atomic E-state index is -0.245. The molecule has 4 nitrogen and oxygen atoms in total. The fourth-order valence-electron chi connectivity index (χ4n) is 2.36. The van der Waals surface area contributed by atoms with E-state index < -0.39 is 0 Å². The molecule has 0 bridgehead atoms. The number of ether oxygens (including phenoxy) is 1. The lowest BCUT2D eigenvalue weighted by Crippen LogP contribution is -2.19. The first-order valence-electron chi connectivity index (χ1n) is 6.69. The van der Waals surface area contributed by atoms with Gasteiger partial charge in [0.05, 0.1) is 6.20 Å². The third-order valence-electron chi connectivity index (χ3n) is 3.58. The van der Waals surface area contributed by atoms with Crippen LogP contribution < -0.4 is 0 Å². The zero-order valence-corrected chi connectivity index (χ0v) is 13.2. The Morgan fingerprint density at radius 2 is 2.33 bits per heavy atom. The Kier molecular flexibility index (Phi) is 4.22. The van der Waals surface area contributed by atoms with Crippen molar-refractivity contribution in [1.82, 2.24) is 9.55 Å². The summed E-state index contributed by atoms with van der Waals surface area (Å²) < 4.78 is 7.12. The number of rotatable bonds is 3. The van der Waals surface area contributed by atoms with Gasteiger partial charge in [-0.1, -0.05) is 35.9 Å². The Balaban J connectivity index is 1.71. The number of halogens is 1. The van der Waals surface area contributed by atoms with E-state index in [4.69, 9.17) is 16.3 Å². The van der Waals surface area contributed by atoms with Crippen molar-refractivity contribution in [3.63, 3.8) is 0 Å². The molecule has 1 aliphatic heterocycles. The van der Waals surface area contributed by atoms with Crippen molar-refractivity contribution in [2.75, 3.05) is 5.75 Å². The van der Waals surface area contributed by atoms with Crippen molar-refractivity contribution >= 4 is 29.3 Å². The van der Waals surface area contributed by atoms with Crippen LogP contribution >= 0.6 is 23.4 Å². The Morgan fingerprint density at radius 3 is 3.10 bits per heavy atom. The van der Waals surface area contributed by atoms with E-state index in [0.29, 0.717) is 11.0 Å². The van der Waals surface area contributed by atoms with Crippen molar-refractivity contribution in [2.45, 2.75) is 18.3 Å². The largest absolute Gasteiger partial charge is 0.456 e. The summed E-state index contributed by atoms with van der Waals surface area (Å²) >= 11 is 7.55. The van der Waals surface area contributed by atoms with Crippen LogP contribution in [0.2, 0.25) is 5.15 Å². The molecule has 0 radical (unpaired) electrons. The number of hydrogen-bond acceptors (Lipinski definition) is 4. The summed E-state index contributed by atoms with van der Waals surface area (Å²) in [6, 6.07) is 8.05. The highest BCUT2D eigenvalue weighted by molar-refractivity contribution is 8.00. The molecule has 0 unspecified atom stereocenters. The molecule has 3 rings (SSSR count). The molecule has 21 heavy (non-hydrogen) atoms. The fraction of sp³-hybridized carbons (Fsp3) is 0.333. The van der Waals surface area contributed by atoms with Crippen molar-refractivity contribution in [3.8, 4) is 0 Å². The zero-order valence-electron chi connectivity index (χ0n) is 11.6. The van der Waals surface area contributed by atoms with Gasteiger partial charge in [-0.25, -0.2) is 4.98 Å². The summed E-state index contributed by atoms with van der Waals surface area (Å²) in [4.78, 5) is 16.5. The van der Waals surface area contributed by atoms with Crippen LogP contribution in [0.3, 0.4) is 0 Å². The lowest BCUT2D eigenvalue weighted by Gasteiger charge is -2.23. The predicted molar refractivity (Wildman–Crippen MR) is 83.4 cm³/mol. The number of fused-ring (bicyclic) bond motifs is 1. The second-order valence-corrected chi connectivity index (χ2v) is 6.46. The number of imidazole rings is 1. The van der Waals surface area contributed by atoms with E-state index in [9.17, 15) is 4.79 Å². The second-order valence-electron chi connectivity index (χ2n) is 4.86. The standard InChI is InChI=1S/C15H15ClN2O2S/c1-18-12(16)8-17-13(18)9-20-15(19)14-11-5-3-2-4-10(11)6-7-21-14/h2-5,8,14H,6-7,9H2,1H3/t14-/m0/s1. The van der Waals surface area contributed by atoms with Crippen LogP contribution in [-0.4, -0.2) is 21.3 Å². The molecule has 6 heteroatoms. The van der Waals surface area contributed by atoms with Gasteiger partial charge < -0.3 is 9.30 Å². The number of thioether (sulfide) groups is 1. The highest BCUT2D eigenvalue weighted by atomic mass is 35.5. The number of benzene rings is 1. The van der Waals surface area contributed by atoms with E-state index in [-0.39, 0.29) is 17.8 Å². The molecule has 2 heterocycles. The van der Waals surface area contributed by atoms with Crippen LogP contribution in [0.4, 0.5) is 0 Å². The first-order valence-corrected chi connectivity index (χ1v) is 8.11. The van der Waals surface area contributed by atoms with Gasteiger partial charge in [0.25, 0.3) is 0 Å². The molecule has 0 spiro atoms. The molecule has 1 aromatic heterocycles. The molecule has 0 saturated carbocycles. The minimum absolute atomic E-state index is 0.140. The van der Waals surface area contributed by atoms with E-state index in [1.807, 2.05) is 18.2 Å². The summed E-state index contributed by atoms with van der Waals surface area (Å²) in [5, 5.41) is 0.282. The Morgan fingerprint density at radius 1 is 1.52 bits per heavy atom. The summed E-state index contributed by atoms with van der Waals surface area (Å²) in [6.45, 7) is 0.140. The fourth-order valence-corrected chi connectivity index (χ4v) is 3.69. The monoisotopic (exact) mass is 322 g/mol. The van der Waals surface area contributed by atoms with E-state index in [1.54, 1.807) is 29.6 Å². The molecule has 0 saturated heterocycles. The van der Waals surface area contributed by atoms with E-state index >= 15 is 0 Å². The molecule has 1 aromatic carbocycles. The Labute approximate surface area is 132 Å². The van der Waals surface area contributed by atoms with E-state index in [2.05, 4.69) is 11.1 Å². The van der Waals surface area contributed by atoms with Crippen LogP contribution in [0.1, 0.15) is 22.2 Å². The SMILES string of the molecule is Cn1c(Cl)cnc1COC(=O)[C@H]1SCCc2ccccc21. The highest BCUT2D eigenvalue weighted by Gasteiger charge is 2.28. The number of aromatic nitrogens is 2. The van der Waals surface area contributed by atoms with Gasteiger partial charge in [-0.15, -0.1) is 11.8 Å². The molecule has 0 N–H and O–H groups in total. The lowest BCUT2D eigenvalue weighted by atomic mass is 10.0. The summed E-state index contributed by atoms with van der Waals surface area (Å²) in [6.07, 6.45) is 2.55. The van der Waals surface area contributed by atoms with E-state index in [1.165, 1.54) is 5.56 Å². The second kappa shape index (κ2) is 6.12. The molecule has 0 amide bonds. The van der Waals surface area contributed by atoms with Crippen molar-refractivity contribution in [3.05, 3.63) is 52.6 Å². The number of esters is 1. The van der Waals surface area contributed by atoms with Crippen LogP contribution in [0.25, 0.3) is 0 Å². The third-order valence-corrected chi connectivity index (χ3v) is 5.15. The van der Waals surface area contributed by atoms with Gasteiger partial charge in [-0.2, -0.15) is 0 Å². The summed E-state index contributed by atoms with van der Waals surface area (Å²) in [7, 11) is 1.79. The van der Waals surface area contributed by atoms with Crippen LogP contribution in [0.15, 0.2) is 30.5 Å². The molecule has 1 atom stereocenters. The summed E-state index contributed by atoms with van der Waals surface area (Å²) in [5.41, 5.74) is 2.30. The molecule has 1 aliphatic rings. The van der Waals surface area contributed by atoms with E-state index in [0.717, 1.165) is 17.7 Å². The minimum Gasteiger partial charge on any atom is -0.456 e. The third kappa shape index (κ3) is 2.94. The average Bonchev–Trinajstić information content (AvgIpc) is 2.84. The molecular formula is C15H15ClN2O2S. The van der Waals surface area contributed by atoms with Crippen LogP contribution in [0.5, 0.6) is 0 Å². The quantitative estimate of drug-likeness (QED) is 0.814. The number of hydrogen-bond donors (Lipinski definition) is 0. The summed E-state index contributed by atoms with van der Waals surface area (Å²) in [5.74, 6) is 1.36. The van der Waals surface area contributed by atoms with Crippen LogP contribution in [0, 0.1) is 0 Å². The maximum atomic E-state index is 12.3. The molecule has 110 valence electrons. The predicted octanol–water partition coefficient (Wildman–Crippen LogP) is 3.15.